The van der Waals surface area contributed by atoms with Gasteiger partial charge in [-0.25, -0.2) is 0 Å². The van der Waals surface area contributed by atoms with Gasteiger partial charge in [0.05, 0.1) is 31.5 Å². The summed E-state index contributed by atoms with van der Waals surface area (Å²) in [6, 6.07) is 3.66. The highest BCUT2D eigenvalue weighted by Crippen LogP contribution is 2.02. The van der Waals surface area contributed by atoms with Gasteiger partial charge in [0.25, 0.3) is 0 Å². The van der Waals surface area contributed by atoms with Crippen LogP contribution in [-0.4, -0.2) is 54.7 Å². The molecular weight excluding hydrogens is 327 g/mol. The van der Waals surface area contributed by atoms with Crippen molar-refractivity contribution in [2.75, 3.05) is 38.6 Å². The van der Waals surface area contributed by atoms with Gasteiger partial charge in [0.15, 0.2) is 0 Å². The first-order valence-electron chi connectivity index (χ1n) is 6.93. The van der Waals surface area contributed by atoms with Crippen molar-refractivity contribution in [2.45, 2.75) is 19.4 Å². The van der Waals surface area contributed by atoms with Gasteiger partial charge >= 0.3 is 0 Å². The van der Waals surface area contributed by atoms with E-state index in [1.807, 2.05) is 6.92 Å². The summed E-state index contributed by atoms with van der Waals surface area (Å²) in [6.07, 6.45) is 1.85. The average molecular weight is 351 g/mol. The number of carbonyl (C=O) groups is 1. The second kappa shape index (κ2) is 10.6. The molecule has 0 bridgehead atoms. The summed E-state index contributed by atoms with van der Waals surface area (Å²) in [7, 11) is 0. The lowest BCUT2D eigenvalue weighted by molar-refractivity contribution is -0.121. The summed E-state index contributed by atoms with van der Waals surface area (Å²) in [5.74, 6) is -0.0111. The van der Waals surface area contributed by atoms with E-state index in [2.05, 4.69) is 15.2 Å². The fraction of sp³-hybridized carbons (Fsp3) is 0.571. The molecule has 126 valence electrons. The third kappa shape index (κ3) is 7.26. The normalized spacial score (nSPS) is 16.0. The molecule has 1 aliphatic rings. The van der Waals surface area contributed by atoms with Gasteiger partial charge in [-0.05, 0) is 19.1 Å². The number of anilines is 1. The number of carbonyl (C=O) groups excluding carboxylic acids is 1. The Bertz CT molecular complexity index is 439. The van der Waals surface area contributed by atoms with Gasteiger partial charge in [-0.3, -0.25) is 14.7 Å². The predicted molar refractivity (Wildman–Crippen MR) is 91.7 cm³/mol. The van der Waals surface area contributed by atoms with Crippen LogP contribution in [0.25, 0.3) is 0 Å². The first-order chi connectivity index (χ1) is 9.63. The molecule has 1 aromatic rings. The maximum Gasteiger partial charge on any atom is 0.226 e. The van der Waals surface area contributed by atoms with Crippen LogP contribution >= 0.6 is 24.8 Å². The highest BCUT2D eigenvalue weighted by molar-refractivity contribution is 5.85. The van der Waals surface area contributed by atoms with Crippen molar-refractivity contribution < 1.29 is 9.53 Å². The van der Waals surface area contributed by atoms with Crippen LogP contribution in [0.1, 0.15) is 12.6 Å². The molecule has 1 aliphatic heterocycles. The molecule has 6 nitrogen and oxygen atoms in total. The van der Waals surface area contributed by atoms with Crippen LogP contribution in [0.4, 0.5) is 5.69 Å². The van der Waals surface area contributed by atoms with Crippen molar-refractivity contribution in [1.82, 2.24) is 15.2 Å². The topological polar surface area (TPSA) is 80.5 Å². The van der Waals surface area contributed by atoms with E-state index in [9.17, 15) is 4.79 Å². The lowest BCUT2D eigenvalue weighted by Gasteiger charge is -2.29. The summed E-state index contributed by atoms with van der Waals surface area (Å²) in [5, 5.41) is 3.00. The van der Waals surface area contributed by atoms with Crippen LogP contribution < -0.4 is 11.1 Å². The zero-order chi connectivity index (χ0) is 14.4. The summed E-state index contributed by atoms with van der Waals surface area (Å²) in [5.41, 5.74) is 6.90. The number of hydrogen-bond donors (Lipinski definition) is 2. The van der Waals surface area contributed by atoms with Gasteiger partial charge in [0.1, 0.15) is 0 Å². The highest BCUT2D eigenvalue weighted by atomic mass is 35.5. The number of halogens is 2. The number of rotatable bonds is 5. The molecule has 3 N–H and O–H groups in total. The molecule has 1 atom stereocenters. The zero-order valence-electron chi connectivity index (χ0n) is 12.7. The minimum Gasteiger partial charge on any atom is -0.397 e. The van der Waals surface area contributed by atoms with Crippen molar-refractivity contribution in [1.29, 1.82) is 0 Å². The molecule has 0 aliphatic carbocycles. The van der Waals surface area contributed by atoms with E-state index in [4.69, 9.17) is 10.5 Å². The van der Waals surface area contributed by atoms with Crippen molar-refractivity contribution in [3.8, 4) is 0 Å². The maximum atomic E-state index is 11.9. The molecule has 1 saturated heterocycles. The number of amides is 1. The Balaban J connectivity index is 0.00000220. The lowest BCUT2D eigenvalue weighted by atomic mass is 10.2. The largest absolute Gasteiger partial charge is 0.397 e. The highest BCUT2D eigenvalue weighted by Gasteiger charge is 2.15. The van der Waals surface area contributed by atoms with Gasteiger partial charge in [-0.1, -0.05) is 0 Å². The van der Waals surface area contributed by atoms with Crippen LogP contribution in [0.5, 0.6) is 0 Å². The third-order valence-electron chi connectivity index (χ3n) is 3.23. The standard InChI is InChI=1S/C14H22N4O2.2ClH/c1-11(10-18-4-6-20-7-5-18)17-14(19)8-13-3-2-12(15)9-16-13;;/h2-3,9,11H,4-8,10,15H2,1H3,(H,17,19);2*1H. The quantitative estimate of drug-likeness (QED) is 0.824. The number of aromatic nitrogens is 1. The van der Waals surface area contributed by atoms with E-state index in [-0.39, 0.29) is 43.2 Å². The van der Waals surface area contributed by atoms with Crippen LogP contribution in [0.2, 0.25) is 0 Å². The van der Waals surface area contributed by atoms with Crippen LogP contribution in [0.3, 0.4) is 0 Å². The molecular formula is C14H24Cl2N4O2. The number of hydrogen-bond acceptors (Lipinski definition) is 5. The predicted octanol–water partition coefficient (Wildman–Crippen LogP) is 0.887. The summed E-state index contributed by atoms with van der Waals surface area (Å²) in [4.78, 5) is 18.4. The molecule has 22 heavy (non-hydrogen) atoms. The molecule has 1 fully saturated rings. The van der Waals surface area contributed by atoms with Crippen molar-refractivity contribution in [2.24, 2.45) is 0 Å². The monoisotopic (exact) mass is 350 g/mol. The number of pyridine rings is 1. The molecule has 8 heteroatoms. The van der Waals surface area contributed by atoms with Crippen LogP contribution in [0.15, 0.2) is 18.3 Å². The number of morpholine rings is 1. The number of nitrogens with zero attached hydrogens (tertiary/aromatic N) is 2. The fourth-order valence-corrected chi connectivity index (χ4v) is 2.25. The Morgan fingerprint density at radius 3 is 2.68 bits per heavy atom. The molecule has 1 aromatic heterocycles. The Labute approximate surface area is 143 Å². The molecule has 0 spiro atoms. The van der Waals surface area contributed by atoms with Crippen molar-refractivity contribution in [3.05, 3.63) is 24.0 Å². The molecule has 0 aromatic carbocycles. The third-order valence-corrected chi connectivity index (χ3v) is 3.23. The van der Waals surface area contributed by atoms with E-state index in [0.717, 1.165) is 38.5 Å². The Hall–Kier alpha value is -1.08. The summed E-state index contributed by atoms with van der Waals surface area (Å²) < 4.78 is 5.30. The van der Waals surface area contributed by atoms with Gasteiger partial charge in [-0.15, -0.1) is 24.8 Å². The van der Waals surface area contributed by atoms with E-state index < -0.39 is 0 Å². The first-order valence-corrected chi connectivity index (χ1v) is 6.93. The van der Waals surface area contributed by atoms with E-state index in [1.165, 1.54) is 0 Å². The van der Waals surface area contributed by atoms with E-state index in [1.54, 1.807) is 18.3 Å². The van der Waals surface area contributed by atoms with E-state index in [0.29, 0.717) is 5.69 Å². The SMILES string of the molecule is CC(CN1CCOCC1)NC(=O)Cc1ccc(N)cn1.Cl.Cl. The molecule has 2 heterocycles. The number of nitrogens with two attached hydrogens (primary N) is 1. The second-order valence-corrected chi connectivity index (χ2v) is 5.14. The van der Waals surface area contributed by atoms with Crippen LogP contribution in [-0.2, 0) is 16.0 Å². The lowest BCUT2D eigenvalue weighted by Crippen LogP contribution is -2.46. The Morgan fingerprint density at radius 2 is 2.09 bits per heavy atom. The summed E-state index contributed by atoms with van der Waals surface area (Å²) in [6.45, 7) is 6.28. The van der Waals surface area contributed by atoms with Gasteiger partial charge < -0.3 is 15.8 Å². The molecule has 0 radical (unpaired) electrons. The van der Waals surface area contributed by atoms with Crippen molar-refractivity contribution in [3.63, 3.8) is 0 Å². The summed E-state index contributed by atoms with van der Waals surface area (Å²) >= 11 is 0. The molecule has 1 amide bonds. The molecule has 2 rings (SSSR count). The first kappa shape index (κ1) is 20.9. The minimum absolute atomic E-state index is 0. The maximum absolute atomic E-state index is 11.9. The van der Waals surface area contributed by atoms with Crippen LogP contribution in [0, 0.1) is 0 Å². The van der Waals surface area contributed by atoms with Gasteiger partial charge in [-0.2, -0.15) is 0 Å². The number of nitrogens with one attached hydrogen (secondary N) is 1. The smallest absolute Gasteiger partial charge is 0.226 e. The zero-order valence-corrected chi connectivity index (χ0v) is 14.3. The number of nitrogen functional groups attached to an aromatic ring is 1. The van der Waals surface area contributed by atoms with Crippen molar-refractivity contribution >= 4 is 36.4 Å². The second-order valence-electron chi connectivity index (χ2n) is 5.14. The Kier molecular flexibility index (Phi) is 10.1. The van der Waals surface area contributed by atoms with Gasteiger partial charge in [0, 0.05) is 31.4 Å². The Morgan fingerprint density at radius 1 is 1.41 bits per heavy atom. The molecule has 1 unspecified atom stereocenters. The average Bonchev–Trinajstić information content (AvgIpc) is 2.42. The fourth-order valence-electron chi connectivity index (χ4n) is 2.25. The van der Waals surface area contributed by atoms with Gasteiger partial charge in [0.2, 0.25) is 5.91 Å². The molecule has 0 saturated carbocycles. The number of ether oxygens (including phenoxy) is 1. The van der Waals surface area contributed by atoms with E-state index >= 15 is 0 Å². The minimum atomic E-state index is -0.0111.